The van der Waals surface area contributed by atoms with Crippen molar-refractivity contribution in [2.45, 2.75) is 9.79 Å². The summed E-state index contributed by atoms with van der Waals surface area (Å²) in [6.07, 6.45) is 0. The van der Waals surface area contributed by atoms with Crippen LogP contribution in [0.2, 0.25) is 10.0 Å². The molecule has 9 heteroatoms. The Morgan fingerprint density at radius 3 is 2.35 bits per heavy atom. The molecule has 0 amide bonds. The molecule has 0 atom stereocenters. The Bertz CT molecular complexity index is 1110. The second-order valence-electron chi connectivity index (χ2n) is 6.19. The number of halogens is 2. The fourth-order valence-electron chi connectivity index (χ4n) is 2.62. The van der Waals surface area contributed by atoms with Crippen LogP contribution >= 0.6 is 47.2 Å². The number of thiocarbonyl (C=S) groups is 1. The Labute approximate surface area is 200 Å². The van der Waals surface area contributed by atoms with Gasteiger partial charge >= 0.3 is 5.97 Å². The third kappa shape index (κ3) is 6.27. The highest BCUT2D eigenvalue weighted by Gasteiger charge is 2.13. The highest BCUT2D eigenvalue weighted by Crippen LogP contribution is 2.35. The van der Waals surface area contributed by atoms with Crippen LogP contribution in [0.1, 0.15) is 10.4 Å². The van der Waals surface area contributed by atoms with E-state index < -0.39 is 5.97 Å². The summed E-state index contributed by atoms with van der Waals surface area (Å²) in [5, 5.41) is 7.68. The maximum absolute atomic E-state index is 12.0. The van der Waals surface area contributed by atoms with Gasteiger partial charge in [0.05, 0.1) is 30.5 Å². The van der Waals surface area contributed by atoms with Gasteiger partial charge in [-0.1, -0.05) is 35.0 Å². The first-order chi connectivity index (χ1) is 14.9. The molecule has 3 rings (SSSR count). The first-order valence-electron chi connectivity index (χ1n) is 8.97. The molecule has 0 saturated carbocycles. The van der Waals surface area contributed by atoms with Crippen molar-refractivity contribution >= 4 is 69.6 Å². The number of hydrogen-bond donors (Lipinski definition) is 2. The summed E-state index contributed by atoms with van der Waals surface area (Å²) in [5.74, 6) is 0.130. The zero-order chi connectivity index (χ0) is 22.4. The van der Waals surface area contributed by atoms with Gasteiger partial charge in [0.15, 0.2) is 5.11 Å². The van der Waals surface area contributed by atoms with Gasteiger partial charge < -0.3 is 20.1 Å². The molecule has 31 heavy (non-hydrogen) atoms. The topological polar surface area (TPSA) is 59.6 Å². The molecule has 0 aliphatic rings. The lowest BCUT2D eigenvalue weighted by molar-refractivity contribution is 0.0600. The van der Waals surface area contributed by atoms with Gasteiger partial charge in [0, 0.05) is 20.5 Å². The van der Waals surface area contributed by atoms with Gasteiger partial charge in [0.1, 0.15) is 5.75 Å². The highest BCUT2D eigenvalue weighted by molar-refractivity contribution is 7.99. The van der Waals surface area contributed by atoms with Gasteiger partial charge in [0.25, 0.3) is 0 Å². The van der Waals surface area contributed by atoms with E-state index in [1.54, 1.807) is 37.4 Å². The Balaban J connectivity index is 1.84. The van der Waals surface area contributed by atoms with Crippen LogP contribution in [0.15, 0.2) is 70.5 Å². The summed E-state index contributed by atoms with van der Waals surface area (Å²) in [7, 11) is 2.89. The molecular formula is C22H18Cl2N2O3S2. The lowest BCUT2D eigenvalue weighted by atomic mass is 10.2. The number of benzene rings is 3. The van der Waals surface area contributed by atoms with Crippen LogP contribution < -0.4 is 15.4 Å². The van der Waals surface area contributed by atoms with E-state index in [-0.39, 0.29) is 0 Å². The summed E-state index contributed by atoms with van der Waals surface area (Å²) < 4.78 is 10.00. The Morgan fingerprint density at radius 1 is 0.968 bits per heavy atom. The summed E-state index contributed by atoms with van der Waals surface area (Å²) in [5.41, 5.74) is 1.75. The molecule has 0 heterocycles. The molecule has 0 radical (unpaired) electrons. The standard InChI is InChI=1S/C22H18Cl2N2O3S2/c1-28-19-9-6-15(12-17(19)24)25-22(30)26-18-11-13(21(27)29-2)3-10-20(18)31-16-7-4-14(23)5-8-16/h3-12H,1-2H3,(H2,25,26,30). The SMILES string of the molecule is COC(=O)c1ccc(Sc2ccc(Cl)cc2)c(NC(=S)Nc2ccc(OC)c(Cl)c2)c1. The first kappa shape index (κ1) is 23.2. The van der Waals surface area contributed by atoms with E-state index in [1.165, 1.54) is 18.9 Å². The lowest BCUT2D eigenvalue weighted by Crippen LogP contribution is -2.20. The summed E-state index contributed by atoms with van der Waals surface area (Å²) in [4.78, 5) is 13.9. The molecule has 0 bridgehead atoms. The maximum Gasteiger partial charge on any atom is 0.337 e. The number of anilines is 2. The van der Waals surface area contributed by atoms with Gasteiger partial charge in [-0.3, -0.25) is 0 Å². The average Bonchev–Trinajstić information content (AvgIpc) is 2.76. The van der Waals surface area contributed by atoms with E-state index in [0.717, 1.165) is 9.79 Å². The third-order valence-electron chi connectivity index (χ3n) is 4.10. The number of ether oxygens (including phenoxy) is 2. The van der Waals surface area contributed by atoms with Gasteiger partial charge in [-0.05, 0) is 72.9 Å². The predicted octanol–water partition coefficient (Wildman–Crippen LogP) is 6.75. The molecule has 0 unspecified atom stereocenters. The van der Waals surface area contributed by atoms with Crippen LogP contribution in [0.5, 0.6) is 5.75 Å². The number of carbonyl (C=O) groups excluding carboxylic acids is 1. The molecule has 0 saturated heterocycles. The van der Waals surface area contributed by atoms with Gasteiger partial charge in [-0.2, -0.15) is 0 Å². The number of methoxy groups -OCH3 is 2. The molecule has 5 nitrogen and oxygen atoms in total. The summed E-state index contributed by atoms with van der Waals surface area (Å²) in [6, 6.07) is 18.0. The van der Waals surface area contributed by atoms with Gasteiger partial charge in [-0.25, -0.2) is 4.79 Å². The van der Waals surface area contributed by atoms with Crippen LogP contribution in [0, 0.1) is 0 Å². The average molecular weight is 493 g/mol. The Hall–Kier alpha value is -2.45. The smallest absolute Gasteiger partial charge is 0.337 e. The normalized spacial score (nSPS) is 10.3. The maximum atomic E-state index is 12.0. The van der Waals surface area contributed by atoms with E-state index in [9.17, 15) is 4.79 Å². The van der Waals surface area contributed by atoms with Crippen LogP contribution in [-0.4, -0.2) is 25.3 Å². The van der Waals surface area contributed by atoms with E-state index in [0.29, 0.717) is 37.8 Å². The number of esters is 1. The van der Waals surface area contributed by atoms with Crippen molar-refractivity contribution < 1.29 is 14.3 Å². The molecule has 0 aromatic heterocycles. The summed E-state index contributed by atoms with van der Waals surface area (Å²) >= 11 is 19.1. The number of rotatable bonds is 6. The minimum absolute atomic E-state index is 0.334. The van der Waals surface area contributed by atoms with Gasteiger partial charge in [0.2, 0.25) is 0 Å². The van der Waals surface area contributed by atoms with E-state index in [1.807, 2.05) is 30.3 Å². The molecule has 0 aliphatic carbocycles. The lowest BCUT2D eigenvalue weighted by Gasteiger charge is -2.15. The molecule has 0 fully saturated rings. The van der Waals surface area contributed by atoms with Crippen LogP contribution in [-0.2, 0) is 4.74 Å². The molecule has 160 valence electrons. The van der Waals surface area contributed by atoms with Crippen LogP contribution in [0.25, 0.3) is 0 Å². The van der Waals surface area contributed by atoms with E-state index in [4.69, 9.17) is 44.9 Å². The molecular weight excluding hydrogens is 475 g/mol. The fraction of sp³-hybridized carbons (Fsp3) is 0.0909. The quantitative estimate of drug-likeness (QED) is 0.291. The van der Waals surface area contributed by atoms with Crippen molar-refractivity contribution in [1.82, 2.24) is 0 Å². The van der Waals surface area contributed by atoms with E-state index >= 15 is 0 Å². The van der Waals surface area contributed by atoms with Crippen LogP contribution in [0.4, 0.5) is 11.4 Å². The molecule has 3 aromatic carbocycles. The van der Waals surface area contributed by atoms with Crippen molar-refractivity contribution in [3.8, 4) is 5.75 Å². The monoisotopic (exact) mass is 492 g/mol. The summed E-state index contributed by atoms with van der Waals surface area (Å²) in [6.45, 7) is 0. The van der Waals surface area contributed by atoms with Crippen LogP contribution in [0.3, 0.4) is 0 Å². The highest BCUT2D eigenvalue weighted by atomic mass is 35.5. The molecule has 0 aliphatic heterocycles. The molecule has 0 spiro atoms. The van der Waals surface area contributed by atoms with Crippen molar-refractivity contribution in [3.63, 3.8) is 0 Å². The van der Waals surface area contributed by atoms with Gasteiger partial charge in [-0.15, -0.1) is 0 Å². The van der Waals surface area contributed by atoms with Crippen molar-refractivity contribution in [2.24, 2.45) is 0 Å². The third-order valence-corrected chi connectivity index (χ3v) is 5.94. The fourth-order valence-corrected chi connectivity index (χ4v) is 4.11. The largest absolute Gasteiger partial charge is 0.495 e. The minimum atomic E-state index is -0.438. The predicted molar refractivity (Wildman–Crippen MR) is 131 cm³/mol. The molecule has 2 N–H and O–H groups in total. The zero-order valence-electron chi connectivity index (χ0n) is 16.6. The van der Waals surface area contributed by atoms with Crippen molar-refractivity contribution in [2.75, 3.05) is 24.9 Å². The zero-order valence-corrected chi connectivity index (χ0v) is 19.7. The molecule has 3 aromatic rings. The number of carbonyl (C=O) groups is 1. The first-order valence-corrected chi connectivity index (χ1v) is 10.9. The Morgan fingerprint density at radius 2 is 1.71 bits per heavy atom. The number of hydrogen-bond acceptors (Lipinski definition) is 5. The van der Waals surface area contributed by atoms with Crippen molar-refractivity contribution in [1.29, 1.82) is 0 Å². The number of nitrogens with one attached hydrogen (secondary N) is 2. The minimum Gasteiger partial charge on any atom is -0.495 e. The van der Waals surface area contributed by atoms with Crippen molar-refractivity contribution in [3.05, 3.63) is 76.3 Å². The second kappa shape index (κ2) is 10.7. The second-order valence-corrected chi connectivity index (χ2v) is 8.55. The van der Waals surface area contributed by atoms with E-state index in [2.05, 4.69) is 10.6 Å². The Kier molecular flexibility index (Phi) is 8.03.